The molecule has 90 valence electrons. The lowest BCUT2D eigenvalue weighted by Gasteiger charge is -2.19. The first-order valence-electron chi connectivity index (χ1n) is 5.83. The van der Waals surface area contributed by atoms with E-state index in [0.717, 1.165) is 13.0 Å². The molecule has 0 saturated carbocycles. The fourth-order valence-corrected chi connectivity index (χ4v) is 1.55. The van der Waals surface area contributed by atoms with Gasteiger partial charge in [0.15, 0.2) is 0 Å². The van der Waals surface area contributed by atoms with Gasteiger partial charge in [0.1, 0.15) is 0 Å². The molecule has 0 atom stereocenters. The molecule has 0 aliphatic carbocycles. The van der Waals surface area contributed by atoms with E-state index in [2.05, 4.69) is 44.3 Å². The van der Waals surface area contributed by atoms with Crippen molar-refractivity contribution in [1.29, 1.82) is 0 Å². The molecule has 0 unspecified atom stereocenters. The number of methoxy groups -OCH3 is 1. The number of hydrogen-bond acceptors (Lipinski definition) is 2. The van der Waals surface area contributed by atoms with Crippen molar-refractivity contribution in [3.05, 3.63) is 29.8 Å². The van der Waals surface area contributed by atoms with Crippen molar-refractivity contribution in [2.24, 2.45) is 5.41 Å². The molecule has 0 aliphatic rings. The lowest BCUT2D eigenvalue weighted by Crippen LogP contribution is -2.13. The average Bonchev–Trinajstić information content (AvgIpc) is 2.19. The zero-order chi connectivity index (χ0) is 12.0. The Balaban J connectivity index is 2.52. The topological polar surface area (TPSA) is 21.3 Å². The highest BCUT2D eigenvalue weighted by Crippen LogP contribution is 2.20. The van der Waals surface area contributed by atoms with Crippen LogP contribution >= 0.6 is 0 Å². The highest BCUT2D eigenvalue weighted by molar-refractivity contribution is 5.50. The van der Waals surface area contributed by atoms with Crippen LogP contribution in [0.5, 0.6) is 0 Å². The first kappa shape index (κ1) is 13.0. The maximum Gasteiger partial charge on any atom is 0.0733 e. The number of rotatable bonds is 5. The summed E-state index contributed by atoms with van der Waals surface area (Å²) < 4.78 is 5.18. The van der Waals surface area contributed by atoms with Crippen LogP contribution in [0.15, 0.2) is 24.3 Å². The van der Waals surface area contributed by atoms with E-state index in [0.29, 0.717) is 12.0 Å². The molecule has 0 fully saturated rings. The molecule has 1 rings (SSSR count). The third-order valence-corrected chi connectivity index (χ3v) is 2.51. The van der Waals surface area contributed by atoms with E-state index in [1.807, 2.05) is 6.07 Å². The van der Waals surface area contributed by atoms with Gasteiger partial charge >= 0.3 is 0 Å². The van der Waals surface area contributed by atoms with Crippen LogP contribution in [0.2, 0.25) is 0 Å². The van der Waals surface area contributed by atoms with Gasteiger partial charge in [0.2, 0.25) is 0 Å². The van der Waals surface area contributed by atoms with E-state index < -0.39 is 0 Å². The van der Waals surface area contributed by atoms with Gasteiger partial charge in [-0.25, -0.2) is 0 Å². The minimum Gasteiger partial charge on any atom is -0.385 e. The van der Waals surface area contributed by atoms with Gasteiger partial charge in [0, 0.05) is 24.9 Å². The zero-order valence-corrected chi connectivity index (χ0v) is 10.8. The number of hydrogen-bond donors (Lipinski definition) is 1. The van der Waals surface area contributed by atoms with Crippen LogP contribution in [-0.4, -0.2) is 13.7 Å². The van der Waals surface area contributed by atoms with Gasteiger partial charge in [0.05, 0.1) is 6.61 Å². The number of para-hydroxylation sites is 1. The van der Waals surface area contributed by atoms with Gasteiger partial charge in [0.25, 0.3) is 0 Å². The molecule has 0 saturated heterocycles. The summed E-state index contributed by atoms with van der Waals surface area (Å²) in [5.41, 5.74) is 2.79. The number of ether oxygens (including phenoxy) is 1. The fraction of sp³-hybridized carbons (Fsp3) is 0.571. The molecule has 0 radical (unpaired) electrons. The molecule has 1 aromatic carbocycles. The van der Waals surface area contributed by atoms with Gasteiger partial charge in [-0.1, -0.05) is 39.0 Å². The fourth-order valence-electron chi connectivity index (χ4n) is 1.55. The summed E-state index contributed by atoms with van der Waals surface area (Å²) in [5, 5.41) is 3.47. The highest BCUT2D eigenvalue weighted by atomic mass is 16.5. The molecule has 0 aliphatic heterocycles. The average molecular weight is 221 g/mol. The molecule has 0 aromatic heterocycles. The van der Waals surface area contributed by atoms with E-state index in [1.165, 1.54) is 11.3 Å². The van der Waals surface area contributed by atoms with Crippen molar-refractivity contribution in [2.45, 2.75) is 33.8 Å². The molecular formula is C14H23NO. The summed E-state index contributed by atoms with van der Waals surface area (Å²) in [4.78, 5) is 0. The van der Waals surface area contributed by atoms with E-state index >= 15 is 0 Å². The molecule has 0 spiro atoms. The van der Waals surface area contributed by atoms with Gasteiger partial charge < -0.3 is 10.1 Å². The molecule has 1 aromatic rings. The number of anilines is 1. The third kappa shape index (κ3) is 4.67. The van der Waals surface area contributed by atoms with Crippen LogP contribution in [0.1, 0.15) is 32.8 Å². The molecule has 16 heavy (non-hydrogen) atoms. The van der Waals surface area contributed by atoms with Crippen LogP contribution in [0.3, 0.4) is 0 Å². The predicted molar refractivity (Wildman–Crippen MR) is 69.7 cm³/mol. The van der Waals surface area contributed by atoms with Crippen molar-refractivity contribution < 1.29 is 4.74 Å². The summed E-state index contributed by atoms with van der Waals surface area (Å²) in [7, 11) is 1.73. The first-order chi connectivity index (χ1) is 7.53. The van der Waals surface area contributed by atoms with Crippen molar-refractivity contribution in [3.8, 4) is 0 Å². The Labute approximate surface area is 99.0 Å². The number of nitrogens with one attached hydrogen (secondary N) is 1. The first-order valence-corrected chi connectivity index (χ1v) is 5.83. The molecule has 2 nitrogen and oxygen atoms in total. The Bertz CT molecular complexity index is 315. The quantitative estimate of drug-likeness (QED) is 0.819. The largest absolute Gasteiger partial charge is 0.385 e. The molecule has 2 heteroatoms. The summed E-state index contributed by atoms with van der Waals surface area (Å²) in [6.45, 7) is 8.45. The molecule has 1 N–H and O–H groups in total. The Morgan fingerprint density at radius 1 is 1.19 bits per heavy atom. The minimum atomic E-state index is 0.378. The Hall–Kier alpha value is -1.02. The molecular weight excluding hydrogens is 198 g/mol. The monoisotopic (exact) mass is 221 g/mol. The zero-order valence-electron chi connectivity index (χ0n) is 10.8. The lowest BCUT2D eigenvalue weighted by atomic mass is 9.92. The SMILES string of the molecule is COCc1ccccc1NCCC(C)(C)C. The highest BCUT2D eigenvalue weighted by Gasteiger charge is 2.09. The van der Waals surface area contributed by atoms with Crippen LogP contribution in [0, 0.1) is 5.41 Å². The summed E-state index contributed by atoms with van der Waals surface area (Å²) in [6, 6.07) is 8.31. The smallest absolute Gasteiger partial charge is 0.0733 e. The van der Waals surface area contributed by atoms with Crippen molar-refractivity contribution in [2.75, 3.05) is 19.0 Å². The minimum absolute atomic E-state index is 0.378. The van der Waals surface area contributed by atoms with E-state index in [9.17, 15) is 0 Å². The Morgan fingerprint density at radius 2 is 1.88 bits per heavy atom. The molecule has 0 amide bonds. The van der Waals surface area contributed by atoms with Gasteiger partial charge in [-0.05, 0) is 17.9 Å². The lowest BCUT2D eigenvalue weighted by molar-refractivity contribution is 0.185. The van der Waals surface area contributed by atoms with Crippen LogP contribution < -0.4 is 5.32 Å². The van der Waals surface area contributed by atoms with Crippen LogP contribution in [0.4, 0.5) is 5.69 Å². The summed E-state index contributed by atoms with van der Waals surface area (Å²) in [5.74, 6) is 0. The van der Waals surface area contributed by atoms with Gasteiger partial charge in [-0.3, -0.25) is 0 Å². The second-order valence-corrected chi connectivity index (χ2v) is 5.33. The summed E-state index contributed by atoms with van der Waals surface area (Å²) >= 11 is 0. The predicted octanol–water partition coefficient (Wildman–Crippen LogP) is 3.68. The van der Waals surface area contributed by atoms with Crippen LogP contribution in [-0.2, 0) is 11.3 Å². The van der Waals surface area contributed by atoms with Crippen molar-refractivity contribution in [3.63, 3.8) is 0 Å². The Kier molecular flexibility index (Phi) is 4.81. The maximum atomic E-state index is 5.18. The van der Waals surface area contributed by atoms with Crippen molar-refractivity contribution >= 4 is 5.69 Å². The van der Waals surface area contributed by atoms with E-state index in [-0.39, 0.29) is 0 Å². The van der Waals surface area contributed by atoms with E-state index in [4.69, 9.17) is 4.74 Å². The van der Waals surface area contributed by atoms with E-state index in [1.54, 1.807) is 7.11 Å². The van der Waals surface area contributed by atoms with Crippen molar-refractivity contribution in [1.82, 2.24) is 0 Å². The normalized spacial score (nSPS) is 11.5. The molecule has 0 heterocycles. The second kappa shape index (κ2) is 5.90. The maximum absolute atomic E-state index is 5.18. The molecule has 0 bridgehead atoms. The summed E-state index contributed by atoms with van der Waals surface area (Å²) in [6.07, 6.45) is 1.16. The standard InChI is InChI=1S/C14H23NO/c1-14(2,3)9-10-15-13-8-6-5-7-12(13)11-16-4/h5-8,15H,9-11H2,1-4H3. The number of benzene rings is 1. The third-order valence-electron chi connectivity index (χ3n) is 2.51. The second-order valence-electron chi connectivity index (χ2n) is 5.33. The van der Waals surface area contributed by atoms with Crippen LogP contribution in [0.25, 0.3) is 0 Å². The Morgan fingerprint density at radius 3 is 2.50 bits per heavy atom. The van der Waals surface area contributed by atoms with Gasteiger partial charge in [-0.15, -0.1) is 0 Å². The van der Waals surface area contributed by atoms with Gasteiger partial charge in [-0.2, -0.15) is 0 Å².